The minimum atomic E-state index is -0.349. The van der Waals surface area contributed by atoms with Crippen molar-refractivity contribution in [2.75, 3.05) is 6.54 Å². The highest BCUT2D eigenvalue weighted by atomic mass is 19.1. The van der Waals surface area contributed by atoms with Gasteiger partial charge in [-0.15, -0.1) is 0 Å². The second-order valence-electron chi connectivity index (χ2n) is 6.21. The monoisotopic (exact) mass is 329 g/mol. The molecule has 2 heterocycles. The highest BCUT2D eigenvalue weighted by molar-refractivity contribution is 5.79. The Labute approximate surface area is 139 Å². The van der Waals surface area contributed by atoms with Crippen LogP contribution in [0.3, 0.4) is 0 Å². The van der Waals surface area contributed by atoms with Gasteiger partial charge in [0.05, 0.1) is 12.5 Å². The van der Waals surface area contributed by atoms with Crippen LogP contribution >= 0.6 is 0 Å². The van der Waals surface area contributed by atoms with Gasteiger partial charge in [0, 0.05) is 17.8 Å². The van der Waals surface area contributed by atoms with Gasteiger partial charge < -0.3 is 9.88 Å². The van der Waals surface area contributed by atoms with Crippen LogP contribution in [0.1, 0.15) is 41.5 Å². The first-order chi connectivity index (χ1) is 11.5. The van der Waals surface area contributed by atoms with E-state index in [0.717, 1.165) is 12.8 Å². The maximum atomic E-state index is 13.3. The molecule has 0 radical (unpaired) electrons. The predicted molar refractivity (Wildman–Crippen MR) is 88.1 cm³/mol. The fourth-order valence-corrected chi connectivity index (χ4v) is 3.10. The molecule has 0 bridgehead atoms. The van der Waals surface area contributed by atoms with Crippen molar-refractivity contribution in [2.24, 2.45) is 0 Å². The number of benzene rings is 1. The molecule has 1 fully saturated rings. The summed E-state index contributed by atoms with van der Waals surface area (Å²) in [6, 6.07) is 5.84. The summed E-state index contributed by atoms with van der Waals surface area (Å²) in [5.41, 5.74) is 1.75. The highest BCUT2D eigenvalue weighted by Crippen LogP contribution is 2.30. The molecule has 0 unspecified atom stereocenters. The van der Waals surface area contributed by atoms with Crippen LogP contribution in [-0.2, 0) is 11.2 Å². The van der Waals surface area contributed by atoms with Crippen molar-refractivity contribution < 1.29 is 9.18 Å². The van der Waals surface area contributed by atoms with Crippen molar-refractivity contribution in [1.29, 1.82) is 0 Å². The number of halogens is 1. The predicted octanol–water partition coefficient (Wildman–Crippen LogP) is 2.43. The van der Waals surface area contributed by atoms with Crippen molar-refractivity contribution in [1.82, 2.24) is 14.9 Å². The lowest BCUT2D eigenvalue weighted by Crippen LogP contribution is -2.34. The SMILES string of the molecule is Cc1nc([C@@H]2CCCN2C(=O)Cc2cccc(F)c2)[nH]c(=O)c1C. The summed E-state index contributed by atoms with van der Waals surface area (Å²) < 4.78 is 13.3. The molecule has 1 aliphatic heterocycles. The fourth-order valence-electron chi connectivity index (χ4n) is 3.10. The quantitative estimate of drug-likeness (QED) is 0.940. The van der Waals surface area contributed by atoms with E-state index in [0.29, 0.717) is 29.2 Å². The van der Waals surface area contributed by atoms with E-state index in [1.54, 1.807) is 30.9 Å². The lowest BCUT2D eigenvalue weighted by atomic mass is 10.1. The molecule has 1 atom stereocenters. The van der Waals surface area contributed by atoms with Gasteiger partial charge in [0.15, 0.2) is 0 Å². The third-order valence-electron chi connectivity index (χ3n) is 4.55. The molecule has 5 nitrogen and oxygen atoms in total. The molecule has 1 N–H and O–H groups in total. The molecule has 24 heavy (non-hydrogen) atoms. The maximum absolute atomic E-state index is 13.3. The van der Waals surface area contributed by atoms with Crippen LogP contribution in [0, 0.1) is 19.7 Å². The van der Waals surface area contributed by atoms with Gasteiger partial charge in [-0.1, -0.05) is 12.1 Å². The van der Waals surface area contributed by atoms with E-state index in [1.165, 1.54) is 12.1 Å². The molecule has 0 saturated carbocycles. The van der Waals surface area contributed by atoms with E-state index in [4.69, 9.17) is 0 Å². The van der Waals surface area contributed by atoms with E-state index >= 15 is 0 Å². The molecule has 2 aromatic rings. The lowest BCUT2D eigenvalue weighted by Gasteiger charge is -2.24. The maximum Gasteiger partial charge on any atom is 0.254 e. The van der Waals surface area contributed by atoms with Gasteiger partial charge in [-0.3, -0.25) is 9.59 Å². The number of carbonyl (C=O) groups is 1. The van der Waals surface area contributed by atoms with Crippen molar-refractivity contribution in [3.63, 3.8) is 0 Å². The Morgan fingerprint density at radius 1 is 1.42 bits per heavy atom. The Balaban J connectivity index is 1.83. The molecule has 1 saturated heterocycles. The number of rotatable bonds is 3. The number of aromatic nitrogens is 2. The average Bonchev–Trinajstić information content (AvgIpc) is 3.02. The van der Waals surface area contributed by atoms with Gasteiger partial charge in [0.25, 0.3) is 5.56 Å². The van der Waals surface area contributed by atoms with Crippen molar-refractivity contribution >= 4 is 5.91 Å². The molecule has 0 aliphatic carbocycles. The van der Waals surface area contributed by atoms with Gasteiger partial charge in [-0.05, 0) is 44.4 Å². The Kier molecular flexibility index (Phi) is 4.46. The van der Waals surface area contributed by atoms with Crippen LogP contribution < -0.4 is 5.56 Å². The Morgan fingerprint density at radius 2 is 2.21 bits per heavy atom. The Bertz CT molecular complexity index is 831. The minimum Gasteiger partial charge on any atom is -0.332 e. The van der Waals surface area contributed by atoms with Crippen LogP contribution in [0.25, 0.3) is 0 Å². The number of aromatic amines is 1. The van der Waals surface area contributed by atoms with Crippen molar-refractivity contribution in [3.8, 4) is 0 Å². The smallest absolute Gasteiger partial charge is 0.254 e. The Morgan fingerprint density at radius 3 is 2.92 bits per heavy atom. The summed E-state index contributed by atoms with van der Waals surface area (Å²) >= 11 is 0. The molecule has 126 valence electrons. The summed E-state index contributed by atoms with van der Waals surface area (Å²) in [4.78, 5) is 33.6. The van der Waals surface area contributed by atoms with Crippen LogP contribution in [-0.4, -0.2) is 27.3 Å². The summed E-state index contributed by atoms with van der Waals surface area (Å²) in [6.07, 6.45) is 1.76. The number of carbonyl (C=O) groups excluding carboxylic acids is 1. The number of H-pyrrole nitrogens is 1. The summed E-state index contributed by atoms with van der Waals surface area (Å²) in [6.45, 7) is 4.14. The molecule has 1 aromatic heterocycles. The summed E-state index contributed by atoms with van der Waals surface area (Å²) in [5, 5.41) is 0. The number of nitrogens with zero attached hydrogens (tertiary/aromatic N) is 2. The van der Waals surface area contributed by atoms with Gasteiger partial charge in [0.1, 0.15) is 11.6 Å². The molecular formula is C18H20FN3O2. The van der Waals surface area contributed by atoms with E-state index in [1.807, 2.05) is 0 Å². The van der Waals surface area contributed by atoms with Crippen LogP contribution in [0.4, 0.5) is 4.39 Å². The minimum absolute atomic E-state index is 0.0797. The number of aryl methyl sites for hydroxylation is 1. The van der Waals surface area contributed by atoms with Crippen molar-refractivity contribution in [2.45, 2.75) is 39.2 Å². The van der Waals surface area contributed by atoms with Crippen molar-refractivity contribution in [3.05, 3.63) is 63.1 Å². The number of hydrogen-bond donors (Lipinski definition) is 1. The topological polar surface area (TPSA) is 66.1 Å². The molecule has 1 aliphatic rings. The first-order valence-corrected chi connectivity index (χ1v) is 8.07. The highest BCUT2D eigenvalue weighted by Gasteiger charge is 2.31. The van der Waals surface area contributed by atoms with Gasteiger partial charge in [0.2, 0.25) is 5.91 Å². The van der Waals surface area contributed by atoms with E-state index in [-0.39, 0.29) is 29.7 Å². The molecule has 6 heteroatoms. The first-order valence-electron chi connectivity index (χ1n) is 8.07. The van der Waals surface area contributed by atoms with Crippen LogP contribution in [0.15, 0.2) is 29.1 Å². The normalized spacial score (nSPS) is 17.3. The van der Waals surface area contributed by atoms with E-state index in [9.17, 15) is 14.0 Å². The standard InChI is InChI=1S/C18H20FN3O2/c1-11-12(2)20-17(21-18(11)24)15-7-4-8-22(15)16(23)10-13-5-3-6-14(19)9-13/h3,5-6,9,15H,4,7-8,10H2,1-2H3,(H,20,21,24)/t15-/m0/s1. The zero-order valence-electron chi connectivity index (χ0n) is 13.8. The van der Waals surface area contributed by atoms with E-state index in [2.05, 4.69) is 9.97 Å². The first kappa shape index (κ1) is 16.4. The van der Waals surface area contributed by atoms with Crippen LogP contribution in [0.2, 0.25) is 0 Å². The van der Waals surface area contributed by atoms with Crippen LogP contribution in [0.5, 0.6) is 0 Å². The Hall–Kier alpha value is -2.50. The molecule has 1 aromatic carbocycles. The van der Waals surface area contributed by atoms with E-state index < -0.39 is 0 Å². The average molecular weight is 329 g/mol. The third-order valence-corrected chi connectivity index (χ3v) is 4.55. The summed E-state index contributed by atoms with van der Waals surface area (Å²) in [7, 11) is 0. The second-order valence-corrected chi connectivity index (χ2v) is 6.21. The zero-order chi connectivity index (χ0) is 17.3. The molecule has 1 amide bonds. The van der Waals surface area contributed by atoms with Gasteiger partial charge in [-0.2, -0.15) is 0 Å². The number of likely N-dealkylation sites (tertiary alicyclic amines) is 1. The number of nitrogens with one attached hydrogen (secondary N) is 1. The third kappa shape index (κ3) is 3.22. The zero-order valence-corrected chi connectivity index (χ0v) is 13.8. The molecule has 0 spiro atoms. The molecular weight excluding hydrogens is 309 g/mol. The second kappa shape index (κ2) is 6.55. The molecule has 3 rings (SSSR count). The largest absolute Gasteiger partial charge is 0.332 e. The van der Waals surface area contributed by atoms with Gasteiger partial charge in [-0.25, -0.2) is 9.37 Å². The number of hydrogen-bond acceptors (Lipinski definition) is 3. The number of amides is 1. The summed E-state index contributed by atoms with van der Waals surface area (Å²) in [5.74, 6) is 0.107. The van der Waals surface area contributed by atoms with Gasteiger partial charge >= 0.3 is 0 Å². The lowest BCUT2D eigenvalue weighted by molar-refractivity contribution is -0.131. The fraction of sp³-hybridized carbons (Fsp3) is 0.389.